The molecule has 2 rings (SSSR count). The van der Waals surface area contributed by atoms with Gasteiger partial charge in [0, 0.05) is 18.4 Å². The second-order valence-corrected chi connectivity index (χ2v) is 4.48. The van der Waals surface area contributed by atoms with Crippen molar-refractivity contribution in [2.45, 2.75) is 19.4 Å². The molecule has 1 fully saturated rings. The zero-order valence-corrected chi connectivity index (χ0v) is 10.3. The van der Waals surface area contributed by atoms with Gasteiger partial charge in [0.2, 0.25) is 11.8 Å². The average Bonchev–Trinajstić information content (AvgIpc) is 2.62. The normalized spacial score (nSPS) is 15.3. The van der Waals surface area contributed by atoms with Gasteiger partial charge < -0.3 is 5.73 Å². The molecule has 1 heterocycles. The minimum Gasteiger partial charge on any atom is -0.389 e. The predicted octanol–water partition coefficient (Wildman–Crippen LogP) is 1.11. The molecule has 0 spiro atoms. The number of carbonyl (C=O) groups excluding carboxylic acids is 2. The third-order valence-corrected chi connectivity index (χ3v) is 3.04. The lowest BCUT2D eigenvalue weighted by molar-refractivity contribution is -0.139. The Labute approximate surface area is 109 Å². The molecule has 1 saturated heterocycles. The first-order valence-corrected chi connectivity index (χ1v) is 5.81. The molecule has 18 heavy (non-hydrogen) atoms. The lowest BCUT2D eigenvalue weighted by atomic mass is 10.1. The van der Waals surface area contributed by atoms with Crippen molar-refractivity contribution in [1.82, 2.24) is 4.90 Å². The summed E-state index contributed by atoms with van der Waals surface area (Å²) in [4.78, 5) is 24.2. The zero-order chi connectivity index (χ0) is 13.3. The van der Waals surface area contributed by atoms with Crippen LogP contribution < -0.4 is 5.73 Å². The van der Waals surface area contributed by atoms with Gasteiger partial charge in [0.25, 0.3) is 0 Å². The molecule has 2 amide bonds. The number of nitrogens with two attached hydrogens (primary N) is 1. The van der Waals surface area contributed by atoms with Crippen molar-refractivity contribution in [3.05, 3.63) is 35.1 Å². The van der Waals surface area contributed by atoms with E-state index in [2.05, 4.69) is 0 Å². The lowest BCUT2D eigenvalue weighted by Crippen LogP contribution is -2.29. The number of likely N-dealkylation sites (tertiary alicyclic amines) is 1. The molecule has 0 bridgehead atoms. The highest BCUT2D eigenvalue weighted by atomic mass is 32.1. The molecule has 1 aromatic carbocycles. The Morgan fingerprint density at radius 2 is 1.94 bits per heavy atom. The number of thiocarbonyl (C=S) groups is 1. The summed E-state index contributed by atoms with van der Waals surface area (Å²) in [6.07, 6.45) is 0.449. The lowest BCUT2D eigenvalue weighted by Gasteiger charge is -2.16. The number of rotatable bonds is 3. The van der Waals surface area contributed by atoms with E-state index in [1.807, 2.05) is 0 Å². The van der Waals surface area contributed by atoms with Crippen LogP contribution in [0.1, 0.15) is 24.0 Å². The second-order valence-electron chi connectivity index (χ2n) is 4.04. The summed E-state index contributed by atoms with van der Waals surface area (Å²) in [6, 6.07) is 3.95. The second kappa shape index (κ2) is 4.81. The van der Waals surface area contributed by atoms with E-state index in [4.69, 9.17) is 18.0 Å². The van der Waals surface area contributed by atoms with Gasteiger partial charge in [0.15, 0.2) is 0 Å². The molecule has 0 atom stereocenters. The highest BCUT2D eigenvalue weighted by molar-refractivity contribution is 7.80. The van der Waals surface area contributed by atoms with Gasteiger partial charge >= 0.3 is 0 Å². The third-order valence-electron chi connectivity index (χ3n) is 2.82. The van der Waals surface area contributed by atoms with Crippen molar-refractivity contribution in [2.75, 3.05) is 0 Å². The van der Waals surface area contributed by atoms with E-state index in [1.54, 1.807) is 0 Å². The fraction of sp³-hybridized carbons (Fsp3) is 0.250. The van der Waals surface area contributed by atoms with Gasteiger partial charge in [-0.25, -0.2) is 4.39 Å². The number of nitrogens with zero attached hydrogens (tertiary/aromatic N) is 1. The van der Waals surface area contributed by atoms with Crippen LogP contribution in [0.2, 0.25) is 0 Å². The summed E-state index contributed by atoms with van der Waals surface area (Å²) < 4.78 is 13.1. The van der Waals surface area contributed by atoms with Crippen molar-refractivity contribution in [3.8, 4) is 0 Å². The molecular weight excluding hydrogens is 255 g/mol. The Morgan fingerprint density at radius 1 is 1.33 bits per heavy atom. The Kier molecular flexibility index (Phi) is 3.38. The molecule has 4 nitrogen and oxygen atoms in total. The predicted molar refractivity (Wildman–Crippen MR) is 67.1 cm³/mol. The van der Waals surface area contributed by atoms with Gasteiger partial charge in [-0.2, -0.15) is 0 Å². The van der Waals surface area contributed by atoms with E-state index < -0.39 is 5.82 Å². The molecule has 0 saturated carbocycles. The maximum Gasteiger partial charge on any atom is 0.229 e. The SMILES string of the molecule is NC(=S)c1cc(F)ccc1CN1C(=O)CCC1=O. The molecule has 2 N–H and O–H groups in total. The summed E-state index contributed by atoms with van der Waals surface area (Å²) in [5.41, 5.74) is 6.44. The molecule has 0 radical (unpaired) electrons. The number of amides is 2. The van der Waals surface area contributed by atoms with Crippen molar-refractivity contribution >= 4 is 29.0 Å². The number of hydrogen-bond donors (Lipinski definition) is 1. The minimum absolute atomic E-state index is 0.0450. The molecule has 0 aliphatic carbocycles. The van der Waals surface area contributed by atoms with Crippen molar-refractivity contribution in [1.29, 1.82) is 0 Å². The van der Waals surface area contributed by atoms with Crippen LogP contribution in [0.4, 0.5) is 4.39 Å². The summed E-state index contributed by atoms with van der Waals surface area (Å²) >= 11 is 4.83. The number of halogens is 1. The molecular formula is C12H11FN2O2S. The first-order chi connectivity index (χ1) is 8.49. The maximum absolute atomic E-state index is 13.1. The van der Waals surface area contributed by atoms with E-state index in [0.717, 1.165) is 4.90 Å². The molecule has 0 aromatic heterocycles. The van der Waals surface area contributed by atoms with E-state index in [-0.39, 0.29) is 36.2 Å². The van der Waals surface area contributed by atoms with Crippen LogP contribution in [0, 0.1) is 5.82 Å². The van der Waals surface area contributed by atoms with E-state index in [0.29, 0.717) is 11.1 Å². The van der Waals surface area contributed by atoms with Crippen LogP contribution in [0.3, 0.4) is 0 Å². The van der Waals surface area contributed by atoms with Gasteiger partial charge in [0.05, 0.1) is 6.54 Å². The largest absolute Gasteiger partial charge is 0.389 e. The van der Waals surface area contributed by atoms with Crippen molar-refractivity contribution in [2.24, 2.45) is 5.73 Å². The number of imide groups is 1. The minimum atomic E-state index is -0.458. The fourth-order valence-electron chi connectivity index (χ4n) is 1.89. The molecule has 6 heteroatoms. The van der Waals surface area contributed by atoms with Crippen LogP contribution in [0.5, 0.6) is 0 Å². The van der Waals surface area contributed by atoms with Gasteiger partial charge in [-0.05, 0) is 17.7 Å². The van der Waals surface area contributed by atoms with Crippen LogP contribution in [0.25, 0.3) is 0 Å². The Balaban J connectivity index is 2.31. The van der Waals surface area contributed by atoms with Crippen LogP contribution in [-0.2, 0) is 16.1 Å². The average molecular weight is 266 g/mol. The van der Waals surface area contributed by atoms with Crippen molar-refractivity contribution < 1.29 is 14.0 Å². The van der Waals surface area contributed by atoms with Gasteiger partial charge in [-0.1, -0.05) is 18.3 Å². The first kappa shape index (κ1) is 12.6. The zero-order valence-electron chi connectivity index (χ0n) is 9.48. The standard InChI is InChI=1S/C12H11FN2O2S/c13-8-2-1-7(9(5-8)12(14)18)6-15-10(16)3-4-11(15)17/h1-2,5H,3-4,6H2,(H2,14,18). The Morgan fingerprint density at radius 3 is 2.50 bits per heavy atom. The Hall–Kier alpha value is -1.82. The first-order valence-electron chi connectivity index (χ1n) is 5.40. The molecule has 1 aliphatic rings. The summed E-state index contributed by atoms with van der Waals surface area (Å²) in [6.45, 7) is 0.0879. The number of benzene rings is 1. The molecule has 1 aliphatic heterocycles. The number of hydrogen-bond acceptors (Lipinski definition) is 3. The summed E-state index contributed by atoms with van der Waals surface area (Å²) in [5.74, 6) is -0.906. The quantitative estimate of drug-likeness (QED) is 0.657. The van der Waals surface area contributed by atoms with E-state index in [1.165, 1.54) is 18.2 Å². The molecule has 0 unspecified atom stereocenters. The van der Waals surface area contributed by atoms with Crippen LogP contribution in [0.15, 0.2) is 18.2 Å². The van der Waals surface area contributed by atoms with Crippen LogP contribution >= 0.6 is 12.2 Å². The Bertz CT molecular complexity index is 529. The van der Waals surface area contributed by atoms with Gasteiger partial charge in [0.1, 0.15) is 10.8 Å². The monoisotopic (exact) mass is 266 g/mol. The summed E-state index contributed by atoms with van der Waals surface area (Å²) in [5, 5.41) is 0. The molecule has 1 aromatic rings. The number of carbonyl (C=O) groups is 2. The van der Waals surface area contributed by atoms with Gasteiger partial charge in [-0.3, -0.25) is 14.5 Å². The van der Waals surface area contributed by atoms with E-state index >= 15 is 0 Å². The fourth-order valence-corrected chi connectivity index (χ4v) is 2.08. The van der Waals surface area contributed by atoms with Gasteiger partial charge in [-0.15, -0.1) is 0 Å². The summed E-state index contributed by atoms with van der Waals surface area (Å²) in [7, 11) is 0. The van der Waals surface area contributed by atoms with Crippen molar-refractivity contribution in [3.63, 3.8) is 0 Å². The van der Waals surface area contributed by atoms with E-state index in [9.17, 15) is 14.0 Å². The maximum atomic E-state index is 13.1. The third kappa shape index (κ3) is 2.38. The highest BCUT2D eigenvalue weighted by Gasteiger charge is 2.29. The highest BCUT2D eigenvalue weighted by Crippen LogP contribution is 2.19. The molecule has 94 valence electrons. The van der Waals surface area contributed by atoms with Crippen LogP contribution in [-0.4, -0.2) is 21.7 Å². The topological polar surface area (TPSA) is 63.4 Å². The smallest absolute Gasteiger partial charge is 0.229 e.